The third-order valence-corrected chi connectivity index (χ3v) is 3.85. The highest BCUT2D eigenvalue weighted by Crippen LogP contribution is 2.42. The zero-order chi connectivity index (χ0) is 15.6. The first kappa shape index (κ1) is 17.4. The molecule has 0 saturated carbocycles. The molecule has 1 nitrogen and oxygen atoms in total. The Morgan fingerprint density at radius 3 is 2.00 bits per heavy atom. The average molecular weight is 357 g/mol. The molecule has 20 heavy (non-hydrogen) atoms. The van der Waals surface area contributed by atoms with Crippen LogP contribution in [0.5, 0.6) is 0 Å². The van der Waals surface area contributed by atoms with E-state index >= 15 is 0 Å². The molecule has 0 fully saturated rings. The van der Waals surface area contributed by atoms with E-state index in [1.807, 2.05) is 0 Å². The standard InChI is InChI=1S/C14H17BrF4O/c1-3-7-13(20,8-4-2)11-10(15)6-5-9(12(11)16)14(17,18)19/h5-6,20H,3-4,7-8H2,1-2H3. The molecular formula is C14H17BrF4O. The molecule has 0 aromatic heterocycles. The van der Waals surface area contributed by atoms with Crippen molar-refractivity contribution in [2.75, 3.05) is 0 Å². The van der Waals surface area contributed by atoms with Crippen LogP contribution in [0.2, 0.25) is 0 Å². The van der Waals surface area contributed by atoms with E-state index in [2.05, 4.69) is 15.9 Å². The second kappa shape index (κ2) is 6.43. The molecule has 0 amide bonds. The SMILES string of the molecule is CCCC(O)(CCC)c1c(Br)ccc(C(F)(F)F)c1F. The van der Waals surface area contributed by atoms with Gasteiger partial charge in [-0.1, -0.05) is 42.6 Å². The monoisotopic (exact) mass is 356 g/mol. The summed E-state index contributed by atoms with van der Waals surface area (Å²) < 4.78 is 52.8. The Balaban J connectivity index is 3.49. The van der Waals surface area contributed by atoms with Gasteiger partial charge in [0.1, 0.15) is 5.82 Å². The zero-order valence-electron chi connectivity index (χ0n) is 11.3. The topological polar surface area (TPSA) is 20.2 Å². The third-order valence-electron chi connectivity index (χ3n) is 3.19. The molecule has 0 spiro atoms. The van der Waals surface area contributed by atoms with Crippen LogP contribution in [0, 0.1) is 5.82 Å². The highest BCUT2D eigenvalue weighted by Gasteiger charge is 2.40. The van der Waals surface area contributed by atoms with E-state index in [1.165, 1.54) is 0 Å². The molecule has 1 aromatic carbocycles. The first-order chi connectivity index (χ1) is 9.17. The lowest BCUT2D eigenvalue weighted by Gasteiger charge is -2.30. The summed E-state index contributed by atoms with van der Waals surface area (Å²) in [5.74, 6) is -1.39. The normalized spacial score (nSPS) is 12.8. The van der Waals surface area contributed by atoms with Crippen LogP contribution in [0.4, 0.5) is 17.6 Å². The van der Waals surface area contributed by atoms with Crippen LogP contribution in [0.3, 0.4) is 0 Å². The predicted molar refractivity (Wildman–Crippen MR) is 72.8 cm³/mol. The minimum atomic E-state index is -4.78. The van der Waals surface area contributed by atoms with Gasteiger partial charge in [-0.2, -0.15) is 13.2 Å². The molecule has 6 heteroatoms. The van der Waals surface area contributed by atoms with Gasteiger partial charge in [0.2, 0.25) is 0 Å². The summed E-state index contributed by atoms with van der Waals surface area (Å²) in [6, 6.07) is 1.82. The first-order valence-corrected chi connectivity index (χ1v) is 7.24. The van der Waals surface area contributed by atoms with Gasteiger partial charge in [-0.05, 0) is 25.0 Å². The van der Waals surface area contributed by atoms with Gasteiger partial charge in [-0.25, -0.2) is 4.39 Å². The summed E-state index contributed by atoms with van der Waals surface area (Å²) in [5, 5.41) is 10.6. The summed E-state index contributed by atoms with van der Waals surface area (Å²) in [6.45, 7) is 3.58. The van der Waals surface area contributed by atoms with Crippen molar-refractivity contribution in [3.05, 3.63) is 33.5 Å². The maximum absolute atomic E-state index is 14.3. The molecule has 0 saturated heterocycles. The van der Waals surface area contributed by atoms with E-state index in [9.17, 15) is 22.7 Å². The molecule has 0 bridgehead atoms. The molecule has 0 aliphatic rings. The maximum atomic E-state index is 14.3. The Morgan fingerprint density at radius 2 is 1.60 bits per heavy atom. The fourth-order valence-electron chi connectivity index (χ4n) is 2.40. The summed E-state index contributed by atoms with van der Waals surface area (Å²) >= 11 is 3.06. The molecule has 0 radical (unpaired) electrons. The Hall–Kier alpha value is -0.620. The maximum Gasteiger partial charge on any atom is 0.419 e. The number of alkyl halides is 3. The number of hydrogen-bond donors (Lipinski definition) is 1. The molecule has 1 rings (SSSR count). The van der Waals surface area contributed by atoms with Crippen molar-refractivity contribution in [1.29, 1.82) is 0 Å². The highest BCUT2D eigenvalue weighted by molar-refractivity contribution is 9.10. The van der Waals surface area contributed by atoms with Gasteiger partial charge in [0.25, 0.3) is 0 Å². The predicted octanol–water partition coefficient (Wildman–Crippen LogP) is 5.39. The smallest absolute Gasteiger partial charge is 0.385 e. The van der Waals surface area contributed by atoms with Crippen molar-refractivity contribution in [2.24, 2.45) is 0 Å². The van der Waals surface area contributed by atoms with Gasteiger partial charge >= 0.3 is 6.18 Å². The van der Waals surface area contributed by atoms with Crippen LogP contribution >= 0.6 is 15.9 Å². The third kappa shape index (κ3) is 3.52. The Morgan fingerprint density at radius 1 is 1.10 bits per heavy atom. The number of benzene rings is 1. The Labute approximate surface area is 124 Å². The van der Waals surface area contributed by atoms with Crippen LogP contribution in [-0.2, 0) is 11.8 Å². The van der Waals surface area contributed by atoms with Gasteiger partial charge in [0.15, 0.2) is 0 Å². The number of rotatable bonds is 5. The van der Waals surface area contributed by atoms with E-state index in [1.54, 1.807) is 13.8 Å². The molecule has 1 aromatic rings. The summed E-state index contributed by atoms with van der Waals surface area (Å²) in [5.41, 5.74) is -3.23. The molecule has 0 atom stereocenters. The number of aliphatic hydroxyl groups is 1. The largest absolute Gasteiger partial charge is 0.419 e. The van der Waals surface area contributed by atoms with Crippen LogP contribution in [0.15, 0.2) is 16.6 Å². The van der Waals surface area contributed by atoms with E-state index in [0.29, 0.717) is 18.9 Å². The molecule has 1 N–H and O–H groups in total. The molecule has 114 valence electrons. The molecular weight excluding hydrogens is 340 g/mol. The first-order valence-electron chi connectivity index (χ1n) is 6.45. The van der Waals surface area contributed by atoms with Crippen molar-refractivity contribution in [2.45, 2.75) is 51.3 Å². The lowest BCUT2D eigenvalue weighted by Crippen LogP contribution is -2.28. The molecule has 0 aliphatic carbocycles. The van der Waals surface area contributed by atoms with Crippen molar-refractivity contribution >= 4 is 15.9 Å². The fourth-order valence-corrected chi connectivity index (χ4v) is 3.08. The minimum Gasteiger partial charge on any atom is -0.385 e. The van der Waals surface area contributed by atoms with Gasteiger partial charge < -0.3 is 5.11 Å². The number of hydrogen-bond acceptors (Lipinski definition) is 1. The van der Waals surface area contributed by atoms with Crippen LogP contribution in [-0.4, -0.2) is 5.11 Å². The second-order valence-electron chi connectivity index (χ2n) is 4.81. The van der Waals surface area contributed by atoms with Crippen LogP contribution in [0.25, 0.3) is 0 Å². The van der Waals surface area contributed by atoms with E-state index in [4.69, 9.17) is 0 Å². The minimum absolute atomic E-state index is 0.160. The Kier molecular flexibility index (Phi) is 5.61. The van der Waals surface area contributed by atoms with E-state index in [0.717, 1.165) is 6.07 Å². The fraction of sp³-hybridized carbons (Fsp3) is 0.571. The Bertz CT molecular complexity index is 465. The van der Waals surface area contributed by atoms with Gasteiger partial charge in [0.05, 0.1) is 11.2 Å². The van der Waals surface area contributed by atoms with Gasteiger partial charge in [-0.3, -0.25) is 0 Å². The van der Waals surface area contributed by atoms with Crippen LogP contribution in [0.1, 0.15) is 50.7 Å². The summed E-state index contributed by atoms with van der Waals surface area (Å²) in [4.78, 5) is 0. The van der Waals surface area contributed by atoms with E-state index in [-0.39, 0.29) is 22.9 Å². The average Bonchev–Trinajstić information content (AvgIpc) is 2.27. The van der Waals surface area contributed by atoms with Crippen molar-refractivity contribution in [3.63, 3.8) is 0 Å². The zero-order valence-corrected chi connectivity index (χ0v) is 12.9. The second-order valence-corrected chi connectivity index (χ2v) is 5.67. The van der Waals surface area contributed by atoms with Crippen molar-refractivity contribution < 1.29 is 22.7 Å². The molecule has 0 aliphatic heterocycles. The van der Waals surface area contributed by atoms with E-state index < -0.39 is 23.2 Å². The van der Waals surface area contributed by atoms with Gasteiger partial charge in [-0.15, -0.1) is 0 Å². The van der Waals surface area contributed by atoms with Crippen molar-refractivity contribution in [1.82, 2.24) is 0 Å². The number of halogens is 5. The lowest BCUT2D eigenvalue weighted by atomic mass is 9.84. The molecule has 0 unspecified atom stereocenters. The van der Waals surface area contributed by atoms with Gasteiger partial charge in [0, 0.05) is 10.0 Å². The summed E-state index contributed by atoms with van der Waals surface area (Å²) in [6.07, 6.45) is -3.29. The summed E-state index contributed by atoms with van der Waals surface area (Å²) in [7, 11) is 0. The van der Waals surface area contributed by atoms with Crippen molar-refractivity contribution in [3.8, 4) is 0 Å². The highest BCUT2D eigenvalue weighted by atomic mass is 79.9. The lowest BCUT2D eigenvalue weighted by molar-refractivity contribution is -0.140. The van der Waals surface area contributed by atoms with Crippen LogP contribution < -0.4 is 0 Å². The quantitative estimate of drug-likeness (QED) is 0.700. The molecule has 0 heterocycles.